The molecule has 4 rings (SSSR count). The number of hydrogen-bond acceptors (Lipinski definition) is 3. The van der Waals surface area contributed by atoms with Crippen LogP contribution in [0, 0.1) is 5.92 Å². The highest BCUT2D eigenvalue weighted by atomic mass is 32.2. The van der Waals surface area contributed by atoms with Gasteiger partial charge in [-0.2, -0.15) is 4.31 Å². The van der Waals surface area contributed by atoms with Gasteiger partial charge in [0.1, 0.15) is 0 Å². The molecule has 0 atom stereocenters. The fourth-order valence-electron chi connectivity index (χ4n) is 4.05. The Morgan fingerprint density at radius 3 is 2.35 bits per heavy atom. The normalized spacial score (nSPS) is 18.6. The van der Waals surface area contributed by atoms with Crippen LogP contribution in [0.2, 0.25) is 0 Å². The Bertz CT molecular complexity index is 914. The Morgan fingerprint density at radius 1 is 0.923 bits per heavy atom. The fraction of sp³-hybridized carbons (Fsp3) is 0.381. The predicted molar refractivity (Wildman–Crippen MR) is 101 cm³/mol. The minimum atomic E-state index is -3.48. The van der Waals surface area contributed by atoms with Crippen molar-refractivity contribution in [3.05, 3.63) is 65.2 Å². The summed E-state index contributed by atoms with van der Waals surface area (Å²) >= 11 is 0. The highest BCUT2D eigenvalue weighted by Crippen LogP contribution is 2.29. The number of piperidine rings is 1. The quantitative estimate of drug-likeness (QED) is 0.776. The zero-order valence-electron chi connectivity index (χ0n) is 14.7. The number of benzene rings is 2. The summed E-state index contributed by atoms with van der Waals surface area (Å²) in [6.07, 6.45) is 4.27. The molecule has 26 heavy (non-hydrogen) atoms. The van der Waals surface area contributed by atoms with Crippen LogP contribution in [0.4, 0.5) is 0 Å². The van der Waals surface area contributed by atoms with Crippen LogP contribution >= 0.6 is 0 Å². The van der Waals surface area contributed by atoms with Gasteiger partial charge in [-0.3, -0.25) is 4.79 Å². The maximum atomic E-state index is 13.0. The van der Waals surface area contributed by atoms with Crippen molar-refractivity contribution in [2.24, 2.45) is 5.92 Å². The van der Waals surface area contributed by atoms with Gasteiger partial charge in [0.15, 0.2) is 5.78 Å². The first-order valence-corrected chi connectivity index (χ1v) is 10.7. The van der Waals surface area contributed by atoms with E-state index in [1.54, 1.807) is 10.4 Å². The van der Waals surface area contributed by atoms with Crippen molar-refractivity contribution in [2.75, 3.05) is 13.1 Å². The van der Waals surface area contributed by atoms with Crippen molar-refractivity contribution in [1.29, 1.82) is 0 Å². The third-order valence-electron chi connectivity index (χ3n) is 5.59. The molecule has 4 nitrogen and oxygen atoms in total. The summed E-state index contributed by atoms with van der Waals surface area (Å²) in [4.78, 5) is 13.0. The summed E-state index contributed by atoms with van der Waals surface area (Å²) in [5.74, 6) is 0.0315. The molecule has 2 aromatic carbocycles. The number of nitrogens with zero attached hydrogens (tertiary/aromatic N) is 1. The minimum Gasteiger partial charge on any atom is -0.294 e. The van der Waals surface area contributed by atoms with Gasteiger partial charge in [-0.1, -0.05) is 36.4 Å². The van der Waals surface area contributed by atoms with Crippen LogP contribution in [0.25, 0.3) is 0 Å². The van der Waals surface area contributed by atoms with E-state index < -0.39 is 10.0 Å². The van der Waals surface area contributed by atoms with Crippen LogP contribution in [0.1, 0.15) is 40.7 Å². The molecule has 1 aliphatic carbocycles. The summed E-state index contributed by atoms with van der Waals surface area (Å²) in [7, 11) is -3.48. The number of rotatable bonds is 4. The van der Waals surface area contributed by atoms with Crippen LogP contribution in [-0.2, 0) is 22.9 Å². The lowest BCUT2D eigenvalue weighted by Gasteiger charge is -2.30. The lowest BCUT2D eigenvalue weighted by atomic mass is 9.90. The average molecular weight is 369 g/mol. The van der Waals surface area contributed by atoms with Crippen LogP contribution in [0.15, 0.2) is 53.4 Å². The van der Waals surface area contributed by atoms with Gasteiger partial charge in [0.2, 0.25) is 10.0 Å². The van der Waals surface area contributed by atoms with Gasteiger partial charge in [-0.25, -0.2) is 8.42 Å². The molecule has 1 saturated heterocycles. The second-order valence-electron chi connectivity index (χ2n) is 7.19. The average Bonchev–Trinajstić information content (AvgIpc) is 3.16. The molecule has 0 amide bonds. The molecule has 0 bridgehead atoms. The first-order valence-electron chi connectivity index (χ1n) is 9.27. The van der Waals surface area contributed by atoms with Crippen molar-refractivity contribution in [1.82, 2.24) is 4.31 Å². The molecule has 0 aromatic heterocycles. The maximum absolute atomic E-state index is 13.0. The maximum Gasteiger partial charge on any atom is 0.243 e. The van der Waals surface area contributed by atoms with Gasteiger partial charge in [0.25, 0.3) is 0 Å². The Labute approximate surface area is 154 Å². The smallest absolute Gasteiger partial charge is 0.243 e. The van der Waals surface area contributed by atoms with E-state index in [4.69, 9.17) is 0 Å². The summed E-state index contributed by atoms with van der Waals surface area (Å²) in [5.41, 5.74) is 3.16. The lowest BCUT2D eigenvalue weighted by Crippen LogP contribution is -2.40. The van der Waals surface area contributed by atoms with E-state index >= 15 is 0 Å². The van der Waals surface area contributed by atoms with E-state index in [2.05, 4.69) is 0 Å². The van der Waals surface area contributed by atoms with Gasteiger partial charge < -0.3 is 0 Å². The van der Waals surface area contributed by atoms with Gasteiger partial charge in [-0.15, -0.1) is 0 Å². The predicted octanol–water partition coefficient (Wildman–Crippen LogP) is 3.46. The Morgan fingerprint density at radius 2 is 1.62 bits per heavy atom. The first-order chi connectivity index (χ1) is 12.6. The number of fused-ring (bicyclic) bond motifs is 1. The molecular formula is C21H23NO3S. The SMILES string of the molecule is O=C(c1ccccc1)C1CCN(S(=O)(=O)c2ccc3c(c2)CCC3)CC1. The molecule has 1 aliphatic heterocycles. The van der Waals surface area contributed by atoms with Crippen molar-refractivity contribution in [3.63, 3.8) is 0 Å². The third kappa shape index (κ3) is 3.21. The molecule has 1 fully saturated rings. The zero-order chi connectivity index (χ0) is 18.1. The minimum absolute atomic E-state index is 0.0936. The topological polar surface area (TPSA) is 54.5 Å². The van der Waals surface area contributed by atoms with E-state index in [0.29, 0.717) is 36.4 Å². The van der Waals surface area contributed by atoms with E-state index in [-0.39, 0.29) is 11.7 Å². The molecule has 0 spiro atoms. The van der Waals surface area contributed by atoms with Gasteiger partial charge in [-0.05, 0) is 55.4 Å². The summed E-state index contributed by atoms with van der Waals surface area (Å²) in [6.45, 7) is 0.811. The largest absolute Gasteiger partial charge is 0.294 e. The van der Waals surface area contributed by atoms with Crippen molar-refractivity contribution in [2.45, 2.75) is 37.0 Å². The highest BCUT2D eigenvalue weighted by Gasteiger charge is 2.32. The van der Waals surface area contributed by atoms with Crippen molar-refractivity contribution >= 4 is 15.8 Å². The number of ketones is 1. The number of Topliss-reactive ketones (excluding diaryl/α,β-unsaturated/α-hetero) is 1. The molecule has 2 aromatic rings. The second-order valence-corrected chi connectivity index (χ2v) is 9.13. The Balaban J connectivity index is 1.46. The standard InChI is InChI=1S/C21H23NO3S/c23-21(17-5-2-1-3-6-17)18-11-13-22(14-12-18)26(24,25)20-10-9-16-7-4-8-19(16)15-20/h1-3,5-6,9-10,15,18H,4,7-8,11-14H2. The van der Waals surface area contributed by atoms with Gasteiger partial charge in [0, 0.05) is 24.6 Å². The molecule has 0 N–H and O–H groups in total. The van der Waals surface area contributed by atoms with Crippen LogP contribution in [0.5, 0.6) is 0 Å². The van der Waals surface area contributed by atoms with Gasteiger partial charge in [0.05, 0.1) is 4.90 Å². The number of hydrogen-bond donors (Lipinski definition) is 0. The van der Waals surface area contributed by atoms with Crippen molar-refractivity contribution < 1.29 is 13.2 Å². The number of carbonyl (C=O) groups is 1. The summed E-state index contributed by atoms with van der Waals surface area (Å²) in [6, 6.07) is 14.8. The van der Waals surface area contributed by atoms with E-state index in [9.17, 15) is 13.2 Å². The molecule has 0 radical (unpaired) electrons. The Kier molecular flexibility index (Phi) is 4.67. The monoisotopic (exact) mass is 369 g/mol. The van der Waals surface area contributed by atoms with Crippen LogP contribution in [-0.4, -0.2) is 31.6 Å². The van der Waals surface area contributed by atoms with Crippen LogP contribution < -0.4 is 0 Å². The number of aryl methyl sites for hydroxylation is 2. The van der Waals surface area contributed by atoms with E-state index in [0.717, 1.165) is 19.3 Å². The molecule has 2 aliphatic rings. The van der Waals surface area contributed by atoms with E-state index in [1.807, 2.05) is 42.5 Å². The third-order valence-corrected chi connectivity index (χ3v) is 7.49. The zero-order valence-corrected chi connectivity index (χ0v) is 15.5. The van der Waals surface area contributed by atoms with Gasteiger partial charge >= 0.3 is 0 Å². The molecule has 0 unspecified atom stereocenters. The molecule has 136 valence electrons. The highest BCUT2D eigenvalue weighted by molar-refractivity contribution is 7.89. The first kappa shape index (κ1) is 17.4. The number of carbonyl (C=O) groups excluding carboxylic acids is 1. The fourth-order valence-corrected chi connectivity index (χ4v) is 5.58. The van der Waals surface area contributed by atoms with Crippen molar-refractivity contribution in [3.8, 4) is 0 Å². The molecule has 1 heterocycles. The summed E-state index contributed by atoms with van der Waals surface area (Å²) < 4.78 is 27.5. The van der Waals surface area contributed by atoms with E-state index in [1.165, 1.54) is 11.1 Å². The molecule has 0 saturated carbocycles. The summed E-state index contributed by atoms with van der Waals surface area (Å²) in [5, 5.41) is 0. The lowest BCUT2D eigenvalue weighted by molar-refractivity contribution is 0.0875. The molecular weight excluding hydrogens is 346 g/mol. The Hall–Kier alpha value is -1.98. The van der Waals surface area contributed by atoms with Crippen LogP contribution in [0.3, 0.4) is 0 Å². The number of sulfonamides is 1. The molecule has 5 heteroatoms. The second kappa shape index (κ2) is 6.97.